The largest absolute Gasteiger partial charge is 0.478 e. The number of nitrogens with zero attached hydrogens (tertiary/aromatic N) is 1. The molecule has 0 spiro atoms. The van der Waals surface area contributed by atoms with Gasteiger partial charge in [-0.1, -0.05) is 35.9 Å². The number of carboxylic acid groups (broad SMARTS) is 1. The highest BCUT2D eigenvalue weighted by molar-refractivity contribution is 6.33. The summed E-state index contributed by atoms with van der Waals surface area (Å²) in [4.78, 5) is 21.8. The minimum Gasteiger partial charge on any atom is -0.478 e. The smallest absolute Gasteiger partial charge is 0.442 e. The molecule has 1 heterocycles. The third-order valence-electron chi connectivity index (χ3n) is 3.23. The summed E-state index contributed by atoms with van der Waals surface area (Å²) in [5.74, 6) is -1.64. The molecule has 0 fully saturated rings. The van der Waals surface area contributed by atoms with E-state index < -0.39 is 16.8 Å². The molecular formula is C15H8ClNO5. The second kappa shape index (κ2) is 5.16. The first kappa shape index (κ1) is 14.1. The van der Waals surface area contributed by atoms with E-state index in [2.05, 4.69) is 0 Å². The molecule has 6 nitrogen and oxygen atoms in total. The minimum atomic E-state index is -1.21. The fourth-order valence-electron chi connectivity index (χ4n) is 2.28. The van der Waals surface area contributed by atoms with Gasteiger partial charge in [0.1, 0.15) is 16.1 Å². The number of furan rings is 1. The van der Waals surface area contributed by atoms with Crippen LogP contribution in [-0.4, -0.2) is 16.0 Å². The van der Waals surface area contributed by atoms with Crippen LogP contribution in [0, 0.1) is 10.1 Å². The minimum absolute atomic E-state index is 0.0618. The maximum atomic E-state index is 11.2. The van der Waals surface area contributed by atoms with E-state index in [-0.39, 0.29) is 16.1 Å². The lowest BCUT2D eigenvalue weighted by Crippen LogP contribution is -1.98. The summed E-state index contributed by atoms with van der Waals surface area (Å²) in [6.45, 7) is 0. The van der Waals surface area contributed by atoms with Crippen LogP contribution in [0.4, 0.5) is 5.88 Å². The number of fused-ring (bicyclic) bond motifs is 1. The molecule has 0 amide bonds. The Balaban J connectivity index is 2.34. The van der Waals surface area contributed by atoms with E-state index in [0.717, 1.165) is 0 Å². The fraction of sp³-hybridized carbons (Fsp3) is 0. The van der Waals surface area contributed by atoms with Crippen molar-refractivity contribution in [3.8, 4) is 11.1 Å². The average molecular weight is 318 g/mol. The second-order valence-electron chi connectivity index (χ2n) is 4.54. The van der Waals surface area contributed by atoms with E-state index in [4.69, 9.17) is 21.1 Å². The number of rotatable bonds is 3. The number of carbonyl (C=O) groups is 1. The van der Waals surface area contributed by atoms with Crippen LogP contribution in [0.15, 0.2) is 46.9 Å². The molecule has 7 heteroatoms. The molecule has 0 aliphatic heterocycles. The van der Waals surface area contributed by atoms with Crippen molar-refractivity contribution in [2.75, 3.05) is 0 Å². The Kier molecular flexibility index (Phi) is 3.30. The van der Waals surface area contributed by atoms with Crippen LogP contribution in [0.25, 0.3) is 22.1 Å². The molecule has 0 unspecified atom stereocenters. The molecule has 1 N–H and O–H groups in total. The van der Waals surface area contributed by atoms with Gasteiger partial charge < -0.3 is 9.52 Å². The molecule has 22 heavy (non-hydrogen) atoms. The fourth-order valence-corrected chi connectivity index (χ4v) is 2.48. The topological polar surface area (TPSA) is 93.6 Å². The van der Waals surface area contributed by atoms with Gasteiger partial charge in [0.2, 0.25) is 0 Å². The van der Waals surface area contributed by atoms with Crippen LogP contribution in [0.5, 0.6) is 0 Å². The lowest BCUT2D eigenvalue weighted by atomic mass is 10.0. The Morgan fingerprint density at radius 3 is 2.64 bits per heavy atom. The van der Waals surface area contributed by atoms with E-state index >= 15 is 0 Å². The number of para-hydroxylation sites is 1. The van der Waals surface area contributed by atoms with Gasteiger partial charge in [-0.2, -0.15) is 0 Å². The third kappa shape index (κ3) is 2.19. The maximum Gasteiger partial charge on any atom is 0.442 e. The lowest BCUT2D eigenvalue weighted by Gasteiger charge is -2.03. The molecule has 0 aliphatic rings. The second-order valence-corrected chi connectivity index (χ2v) is 4.94. The predicted octanol–water partition coefficient (Wildman–Crippen LogP) is 4.36. The Labute approximate surface area is 128 Å². The number of nitro groups is 1. The monoisotopic (exact) mass is 317 g/mol. The number of aromatic carboxylic acids is 1. The van der Waals surface area contributed by atoms with Crippen molar-refractivity contribution >= 4 is 34.4 Å². The van der Waals surface area contributed by atoms with Crippen LogP contribution in [0.3, 0.4) is 0 Å². The SMILES string of the molecule is O=C(O)c1cc(-c2c([N+](=O)[O-])oc3ccccc23)ccc1Cl. The molecule has 0 radical (unpaired) electrons. The van der Waals surface area contributed by atoms with E-state index in [1.54, 1.807) is 24.3 Å². The van der Waals surface area contributed by atoms with E-state index in [0.29, 0.717) is 16.5 Å². The molecule has 2 aromatic carbocycles. The van der Waals surface area contributed by atoms with Crippen LogP contribution < -0.4 is 0 Å². The van der Waals surface area contributed by atoms with Gasteiger partial charge in [-0.3, -0.25) is 10.1 Å². The number of hydrogen-bond donors (Lipinski definition) is 1. The molecule has 3 aromatic rings. The van der Waals surface area contributed by atoms with Gasteiger partial charge in [-0.15, -0.1) is 0 Å². The molecular weight excluding hydrogens is 310 g/mol. The van der Waals surface area contributed by atoms with Gasteiger partial charge >= 0.3 is 11.9 Å². The third-order valence-corrected chi connectivity index (χ3v) is 3.56. The standard InChI is InChI=1S/C15H8ClNO5/c16-11-6-5-8(7-10(11)15(18)19)13-9-3-1-2-4-12(9)22-14(13)17(20)21/h1-7H,(H,18,19). The highest BCUT2D eigenvalue weighted by Gasteiger charge is 2.26. The number of hydrogen-bond acceptors (Lipinski definition) is 4. The summed E-state index contributed by atoms with van der Waals surface area (Å²) in [5.41, 5.74) is 0.827. The van der Waals surface area contributed by atoms with Crippen LogP contribution in [0.1, 0.15) is 10.4 Å². The summed E-state index contributed by atoms with van der Waals surface area (Å²) >= 11 is 5.84. The van der Waals surface area contributed by atoms with Crippen molar-refractivity contribution in [1.29, 1.82) is 0 Å². The van der Waals surface area contributed by atoms with Gasteiger partial charge in [-0.25, -0.2) is 4.79 Å². The van der Waals surface area contributed by atoms with Gasteiger partial charge in [0.25, 0.3) is 0 Å². The average Bonchev–Trinajstić information content (AvgIpc) is 2.87. The molecule has 0 saturated heterocycles. The molecule has 0 atom stereocenters. The first-order valence-corrected chi connectivity index (χ1v) is 6.56. The zero-order valence-corrected chi connectivity index (χ0v) is 11.7. The first-order chi connectivity index (χ1) is 10.5. The molecule has 0 bridgehead atoms. The predicted molar refractivity (Wildman–Crippen MR) is 80.3 cm³/mol. The zero-order valence-electron chi connectivity index (χ0n) is 10.9. The van der Waals surface area contributed by atoms with Crippen molar-refractivity contribution in [3.63, 3.8) is 0 Å². The zero-order chi connectivity index (χ0) is 15.9. The van der Waals surface area contributed by atoms with Crippen LogP contribution >= 0.6 is 11.6 Å². The Morgan fingerprint density at radius 1 is 1.23 bits per heavy atom. The van der Waals surface area contributed by atoms with Gasteiger partial charge in [-0.05, 0) is 23.8 Å². The highest BCUT2D eigenvalue weighted by Crippen LogP contribution is 2.40. The van der Waals surface area contributed by atoms with Gasteiger partial charge in [0, 0.05) is 5.39 Å². The summed E-state index contributed by atoms with van der Waals surface area (Å²) in [6, 6.07) is 10.9. The Hall–Kier alpha value is -2.86. The summed E-state index contributed by atoms with van der Waals surface area (Å²) < 4.78 is 5.27. The normalized spacial score (nSPS) is 10.8. The summed E-state index contributed by atoms with van der Waals surface area (Å²) in [5, 5.41) is 21.0. The molecule has 110 valence electrons. The van der Waals surface area contributed by atoms with Crippen LogP contribution in [0.2, 0.25) is 5.02 Å². The first-order valence-electron chi connectivity index (χ1n) is 6.18. The molecule has 1 aromatic heterocycles. The number of benzene rings is 2. The number of halogens is 1. The Bertz CT molecular complexity index is 915. The molecule has 0 saturated carbocycles. The van der Waals surface area contributed by atoms with E-state index in [1.165, 1.54) is 18.2 Å². The molecule has 3 rings (SSSR count). The van der Waals surface area contributed by atoms with E-state index in [1.807, 2.05) is 0 Å². The maximum absolute atomic E-state index is 11.2. The highest BCUT2D eigenvalue weighted by atomic mass is 35.5. The summed E-state index contributed by atoms with van der Waals surface area (Å²) in [6.07, 6.45) is 0. The van der Waals surface area contributed by atoms with E-state index in [9.17, 15) is 14.9 Å². The van der Waals surface area contributed by atoms with Crippen molar-refractivity contribution in [3.05, 3.63) is 63.2 Å². The van der Waals surface area contributed by atoms with Crippen molar-refractivity contribution in [2.45, 2.75) is 0 Å². The van der Waals surface area contributed by atoms with Gasteiger partial charge in [0.15, 0.2) is 0 Å². The number of carboxylic acids is 1. The van der Waals surface area contributed by atoms with Crippen molar-refractivity contribution < 1.29 is 19.2 Å². The van der Waals surface area contributed by atoms with Crippen molar-refractivity contribution in [1.82, 2.24) is 0 Å². The molecule has 0 aliphatic carbocycles. The van der Waals surface area contributed by atoms with Gasteiger partial charge in [0.05, 0.1) is 10.6 Å². The summed E-state index contributed by atoms with van der Waals surface area (Å²) in [7, 11) is 0. The quantitative estimate of drug-likeness (QED) is 0.572. The Morgan fingerprint density at radius 2 is 1.95 bits per heavy atom. The van der Waals surface area contributed by atoms with Crippen molar-refractivity contribution in [2.24, 2.45) is 0 Å². The van der Waals surface area contributed by atoms with Crippen LogP contribution in [-0.2, 0) is 0 Å². The lowest BCUT2D eigenvalue weighted by molar-refractivity contribution is -0.400.